The Bertz CT molecular complexity index is 858. The highest BCUT2D eigenvalue weighted by molar-refractivity contribution is 6.04. The molecule has 2 heterocycles. The Labute approximate surface area is 156 Å². The number of methoxy groups -OCH3 is 1. The quantitative estimate of drug-likeness (QED) is 0.735. The molecule has 1 atom stereocenters. The van der Waals surface area contributed by atoms with Gasteiger partial charge < -0.3 is 15.4 Å². The molecule has 9 heteroatoms. The Balaban J connectivity index is 1.69. The predicted molar refractivity (Wildman–Crippen MR) is 96.5 cm³/mol. The fourth-order valence-electron chi connectivity index (χ4n) is 2.95. The number of amides is 4. The summed E-state index contributed by atoms with van der Waals surface area (Å²) in [6.07, 6.45) is 1.69. The molecule has 0 saturated carbocycles. The van der Waals surface area contributed by atoms with E-state index < -0.39 is 17.8 Å². The van der Waals surface area contributed by atoms with E-state index in [1.54, 1.807) is 18.0 Å². The van der Waals surface area contributed by atoms with Gasteiger partial charge in [0.05, 0.1) is 31.6 Å². The van der Waals surface area contributed by atoms with E-state index in [1.807, 2.05) is 38.1 Å². The lowest BCUT2D eigenvalue weighted by Crippen LogP contribution is -2.41. The lowest BCUT2D eigenvalue weighted by molar-refractivity contribution is -0.130. The molecule has 4 amide bonds. The van der Waals surface area contributed by atoms with Crippen molar-refractivity contribution in [2.24, 2.45) is 0 Å². The molecule has 2 aromatic rings. The van der Waals surface area contributed by atoms with Crippen LogP contribution in [0.2, 0.25) is 0 Å². The molecule has 0 spiro atoms. The minimum absolute atomic E-state index is 0.0740. The minimum Gasteiger partial charge on any atom is -0.497 e. The van der Waals surface area contributed by atoms with Gasteiger partial charge in [0.25, 0.3) is 5.91 Å². The molecule has 1 aliphatic rings. The molecule has 1 unspecified atom stereocenters. The zero-order valence-electron chi connectivity index (χ0n) is 15.4. The van der Waals surface area contributed by atoms with Gasteiger partial charge in [0, 0.05) is 11.3 Å². The van der Waals surface area contributed by atoms with Gasteiger partial charge in [-0.05, 0) is 38.1 Å². The van der Waals surface area contributed by atoms with E-state index in [2.05, 4.69) is 15.7 Å². The highest BCUT2D eigenvalue weighted by Crippen LogP contribution is 2.21. The molecule has 2 N–H and O–H groups in total. The summed E-state index contributed by atoms with van der Waals surface area (Å²) < 4.78 is 6.93. The molecular weight excluding hydrogens is 350 g/mol. The van der Waals surface area contributed by atoms with Crippen LogP contribution < -0.4 is 15.4 Å². The van der Waals surface area contributed by atoms with E-state index in [0.29, 0.717) is 0 Å². The van der Waals surface area contributed by atoms with Gasteiger partial charge in [-0.1, -0.05) is 0 Å². The SMILES string of the molecule is COc1ccc(-n2ncc(C(C)NC(=O)CN3C(=O)CNC3=O)c2C)cc1. The topological polar surface area (TPSA) is 106 Å². The van der Waals surface area contributed by atoms with Crippen molar-refractivity contribution in [3.8, 4) is 11.4 Å². The number of carbonyl (C=O) groups excluding carboxylic acids is 3. The smallest absolute Gasteiger partial charge is 0.325 e. The van der Waals surface area contributed by atoms with Crippen molar-refractivity contribution in [3.63, 3.8) is 0 Å². The minimum atomic E-state index is -0.550. The van der Waals surface area contributed by atoms with Crippen LogP contribution >= 0.6 is 0 Å². The van der Waals surface area contributed by atoms with Gasteiger partial charge in [0.2, 0.25) is 5.91 Å². The summed E-state index contributed by atoms with van der Waals surface area (Å²) in [5.41, 5.74) is 2.59. The zero-order chi connectivity index (χ0) is 19.6. The third-order valence-electron chi connectivity index (χ3n) is 4.45. The average molecular weight is 371 g/mol. The summed E-state index contributed by atoms with van der Waals surface area (Å²) in [7, 11) is 1.61. The van der Waals surface area contributed by atoms with E-state index in [0.717, 1.165) is 27.6 Å². The van der Waals surface area contributed by atoms with E-state index in [4.69, 9.17) is 4.74 Å². The van der Waals surface area contributed by atoms with Crippen molar-refractivity contribution >= 4 is 17.8 Å². The lowest BCUT2D eigenvalue weighted by atomic mass is 10.1. The van der Waals surface area contributed by atoms with Crippen molar-refractivity contribution in [2.45, 2.75) is 19.9 Å². The molecule has 1 fully saturated rings. The van der Waals surface area contributed by atoms with Crippen molar-refractivity contribution < 1.29 is 19.1 Å². The Morgan fingerprint density at radius 1 is 1.33 bits per heavy atom. The standard InChI is InChI=1S/C18H21N5O4/c1-11(21-16(24)10-22-17(25)9-19-18(22)26)15-8-20-23(12(15)2)13-4-6-14(27-3)7-5-13/h4-8,11H,9-10H2,1-3H3,(H,19,26)(H,21,24). The predicted octanol–water partition coefficient (Wildman–Crippen LogP) is 0.918. The van der Waals surface area contributed by atoms with E-state index in [1.165, 1.54) is 0 Å². The Kier molecular flexibility index (Phi) is 5.11. The van der Waals surface area contributed by atoms with Crippen LogP contribution in [0.15, 0.2) is 30.5 Å². The maximum Gasteiger partial charge on any atom is 0.325 e. The largest absolute Gasteiger partial charge is 0.497 e. The number of carbonyl (C=O) groups is 3. The number of aromatic nitrogens is 2. The third-order valence-corrected chi connectivity index (χ3v) is 4.45. The lowest BCUT2D eigenvalue weighted by Gasteiger charge is -2.17. The number of hydrogen-bond donors (Lipinski definition) is 2. The number of urea groups is 1. The fraction of sp³-hybridized carbons (Fsp3) is 0.333. The van der Waals surface area contributed by atoms with Crippen molar-refractivity contribution in [1.82, 2.24) is 25.3 Å². The number of ether oxygens (including phenoxy) is 1. The molecule has 0 bridgehead atoms. The second-order valence-corrected chi connectivity index (χ2v) is 6.22. The second-order valence-electron chi connectivity index (χ2n) is 6.22. The summed E-state index contributed by atoms with van der Waals surface area (Å²) in [5, 5.41) is 9.58. The average Bonchev–Trinajstić information content (AvgIpc) is 3.19. The van der Waals surface area contributed by atoms with E-state index in [-0.39, 0.29) is 19.1 Å². The number of imide groups is 1. The van der Waals surface area contributed by atoms with E-state index in [9.17, 15) is 14.4 Å². The highest BCUT2D eigenvalue weighted by atomic mass is 16.5. The Hall–Kier alpha value is -3.36. The molecule has 1 aromatic heterocycles. The van der Waals surface area contributed by atoms with Crippen LogP contribution in [-0.4, -0.2) is 52.7 Å². The number of rotatable bonds is 6. The summed E-state index contributed by atoms with van der Waals surface area (Å²) in [6, 6.07) is 6.60. The second kappa shape index (κ2) is 7.48. The Morgan fingerprint density at radius 3 is 2.63 bits per heavy atom. The summed E-state index contributed by atoms with van der Waals surface area (Å²) in [4.78, 5) is 36.2. The summed E-state index contributed by atoms with van der Waals surface area (Å²) in [5.74, 6) is -0.0688. The molecule has 27 heavy (non-hydrogen) atoms. The van der Waals surface area contributed by atoms with E-state index >= 15 is 0 Å². The summed E-state index contributed by atoms with van der Waals surface area (Å²) in [6.45, 7) is 3.36. The molecule has 1 saturated heterocycles. The molecular formula is C18H21N5O4. The fourth-order valence-corrected chi connectivity index (χ4v) is 2.95. The maximum absolute atomic E-state index is 12.2. The highest BCUT2D eigenvalue weighted by Gasteiger charge is 2.30. The van der Waals surface area contributed by atoms with Gasteiger partial charge >= 0.3 is 6.03 Å². The third kappa shape index (κ3) is 3.76. The monoisotopic (exact) mass is 371 g/mol. The normalized spacial score (nSPS) is 14.9. The molecule has 9 nitrogen and oxygen atoms in total. The van der Waals surface area contributed by atoms with Crippen LogP contribution in [0.5, 0.6) is 5.75 Å². The van der Waals surface area contributed by atoms with Crippen LogP contribution in [0, 0.1) is 6.92 Å². The van der Waals surface area contributed by atoms with Crippen molar-refractivity contribution in [3.05, 3.63) is 41.7 Å². The van der Waals surface area contributed by atoms with Gasteiger partial charge in [0.15, 0.2) is 0 Å². The zero-order valence-corrected chi connectivity index (χ0v) is 15.4. The Morgan fingerprint density at radius 2 is 2.04 bits per heavy atom. The van der Waals surface area contributed by atoms with Crippen molar-refractivity contribution in [1.29, 1.82) is 0 Å². The van der Waals surface area contributed by atoms with Crippen LogP contribution in [0.4, 0.5) is 4.79 Å². The van der Waals surface area contributed by atoms with Crippen LogP contribution in [0.3, 0.4) is 0 Å². The first-order valence-electron chi connectivity index (χ1n) is 8.47. The molecule has 3 rings (SSSR count). The van der Waals surface area contributed by atoms with Gasteiger partial charge in [0.1, 0.15) is 12.3 Å². The van der Waals surface area contributed by atoms with Gasteiger partial charge in [-0.25, -0.2) is 9.48 Å². The van der Waals surface area contributed by atoms with Gasteiger partial charge in [-0.15, -0.1) is 0 Å². The number of benzene rings is 1. The maximum atomic E-state index is 12.2. The van der Waals surface area contributed by atoms with Crippen molar-refractivity contribution in [2.75, 3.05) is 20.2 Å². The number of nitrogens with zero attached hydrogens (tertiary/aromatic N) is 3. The van der Waals surface area contributed by atoms with Gasteiger partial charge in [-0.2, -0.15) is 5.10 Å². The molecule has 142 valence electrons. The molecule has 1 aromatic carbocycles. The first kappa shape index (κ1) is 18.4. The van der Waals surface area contributed by atoms with Gasteiger partial charge in [-0.3, -0.25) is 14.5 Å². The van der Waals surface area contributed by atoms with Crippen LogP contribution in [0.25, 0.3) is 5.69 Å². The van der Waals surface area contributed by atoms with Crippen LogP contribution in [-0.2, 0) is 9.59 Å². The first-order valence-corrected chi connectivity index (χ1v) is 8.47. The number of hydrogen-bond acceptors (Lipinski definition) is 5. The molecule has 1 aliphatic heterocycles. The summed E-state index contributed by atoms with van der Waals surface area (Å²) >= 11 is 0. The first-order chi connectivity index (χ1) is 12.9. The number of nitrogens with one attached hydrogen (secondary N) is 2. The van der Waals surface area contributed by atoms with Crippen LogP contribution in [0.1, 0.15) is 24.2 Å². The molecule has 0 radical (unpaired) electrons. The molecule has 0 aliphatic carbocycles.